The number of nitrogens with two attached hydrogens (primary N) is 1. The monoisotopic (exact) mass is 284 g/mol. The summed E-state index contributed by atoms with van der Waals surface area (Å²) >= 11 is 0. The summed E-state index contributed by atoms with van der Waals surface area (Å²) in [6, 6.07) is 7.47. The highest BCUT2D eigenvalue weighted by molar-refractivity contribution is 5.95. The second-order valence-corrected chi connectivity index (χ2v) is 5.01. The first-order valence-electron chi connectivity index (χ1n) is 6.98. The van der Waals surface area contributed by atoms with Gasteiger partial charge in [0, 0.05) is 12.2 Å². The third-order valence-corrected chi connectivity index (χ3v) is 3.50. The summed E-state index contributed by atoms with van der Waals surface area (Å²) < 4.78 is 0. The Morgan fingerprint density at radius 1 is 1.29 bits per heavy atom. The number of anilines is 1. The highest BCUT2D eigenvalue weighted by Crippen LogP contribution is 2.15. The molecule has 2 rings (SSSR count). The van der Waals surface area contributed by atoms with Gasteiger partial charge in [-0.2, -0.15) is 10.2 Å². The van der Waals surface area contributed by atoms with Crippen LogP contribution >= 0.6 is 0 Å². The van der Waals surface area contributed by atoms with Crippen LogP contribution in [0.3, 0.4) is 0 Å². The molecule has 0 aliphatic heterocycles. The van der Waals surface area contributed by atoms with E-state index in [2.05, 4.69) is 15.5 Å². The maximum Gasteiger partial charge on any atom is 0.253 e. The van der Waals surface area contributed by atoms with E-state index in [9.17, 15) is 4.79 Å². The third kappa shape index (κ3) is 3.37. The molecule has 0 aliphatic rings. The van der Waals surface area contributed by atoms with Crippen LogP contribution in [0.4, 0.5) is 5.69 Å². The van der Waals surface area contributed by atoms with Gasteiger partial charge in [0.1, 0.15) is 0 Å². The molecular formula is C16H20N4O. The second-order valence-electron chi connectivity index (χ2n) is 5.01. The van der Waals surface area contributed by atoms with Crippen LogP contribution < -0.4 is 11.1 Å². The average Bonchev–Trinajstić information content (AvgIpc) is 2.48. The zero-order chi connectivity index (χ0) is 15.4. The summed E-state index contributed by atoms with van der Waals surface area (Å²) in [5.41, 5.74) is 10.7. The Morgan fingerprint density at radius 2 is 2.05 bits per heavy atom. The summed E-state index contributed by atoms with van der Waals surface area (Å²) in [7, 11) is 0. The number of hydrogen-bond donors (Lipinski definition) is 2. The number of nitrogen functional groups attached to an aromatic ring is 1. The van der Waals surface area contributed by atoms with Gasteiger partial charge in [-0.15, -0.1) is 0 Å². The van der Waals surface area contributed by atoms with Crippen molar-refractivity contribution in [1.29, 1.82) is 0 Å². The van der Waals surface area contributed by atoms with Crippen molar-refractivity contribution in [2.75, 3.05) is 5.73 Å². The molecule has 1 heterocycles. The van der Waals surface area contributed by atoms with E-state index in [1.807, 2.05) is 39.0 Å². The van der Waals surface area contributed by atoms with Crippen molar-refractivity contribution in [2.45, 2.75) is 33.7 Å². The van der Waals surface area contributed by atoms with Crippen LogP contribution in [0.1, 0.15) is 39.8 Å². The molecule has 0 atom stereocenters. The molecule has 0 aliphatic carbocycles. The molecule has 110 valence electrons. The Hall–Kier alpha value is -2.43. The number of rotatable bonds is 4. The van der Waals surface area contributed by atoms with Gasteiger partial charge in [0.2, 0.25) is 0 Å². The highest BCUT2D eigenvalue weighted by atomic mass is 16.1. The average molecular weight is 284 g/mol. The number of carbonyl (C=O) groups is 1. The number of benzene rings is 1. The summed E-state index contributed by atoms with van der Waals surface area (Å²) in [5.74, 6) is -0.133. The number of carbonyl (C=O) groups excluding carboxylic acids is 1. The van der Waals surface area contributed by atoms with E-state index in [1.54, 1.807) is 6.07 Å². The maximum atomic E-state index is 12.3. The molecule has 0 fully saturated rings. The van der Waals surface area contributed by atoms with E-state index in [4.69, 9.17) is 5.73 Å². The highest BCUT2D eigenvalue weighted by Gasteiger charge is 2.13. The molecular weight excluding hydrogens is 264 g/mol. The first-order valence-corrected chi connectivity index (χ1v) is 6.98. The lowest BCUT2D eigenvalue weighted by Crippen LogP contribution is -2.25. The maximum absolute atomic E-state index is 12.3. The van der Waals surface area contributed by atoms with Crippen molar-refractivity contribution in [3.05, 3.63) is 52.3 Å². The van der Waals surface area contributed by atoms with Gasteiger partial charge in [-0.3, -0.25) is 4.79 Å². The van der Waals surface area contributed by atoms with Gasteiger partial charge in [-0.25, -0.2) is 0 Å². The zero-order valence-electron chi connectivity index (χ0n) is 12.6. The van der Waals surface area contributed by atoms with Crippen molar-refractivity contribution >= 4 is 11.6 Å². The van der Waals surface area contributed by atoms with Crippen LogP contribution in [0, 0.1) is 13.8 Å². The lowest BCUT2D eigenvalue weighted by atomic mass is 10.1. The number of nitrogens with zero attached hydrogens (tertiary/aromatic N) is 2. The van der Waals surface area contributed by atoms with Crippen LogP contribution in [-0.4, -0.2) is 16.1 Å². The van der Waals surface area contributed by atoms with E-state index in [0.29, 0.717) is 24.2 Å². The standard InChI is InChI=1S/C16H20N4O/c1-4-15-13(8-10(2)19-20-15)16(21)18-9-12-6-5-7-14(17)11(12)3/h5-8H,4,9,17H2,1-3H3,(H,18,21). The number of aryl methyl sites for hydroxylation is 2. The van der Waals surface area contributed by atoms with Gasteiger partial charge in [0.05, 0.1) is 17.0 Å². The third-order valence-electron chi connectivity index (χ3n) is 3.50. The Morgan fingerprint density at radius 3 is 2.76 bits per heavy atom. The van der Waals surface area contributed by atoms with Crippen molar-refractivity contribution in [1.82, 2.24) is 15.5 Å². The molecule has 0 saturated heterocycles. The molecule has 1 aromatic carbocycles. The van der Waals surface area contributed by atoms with Crippen molar-refractivity contribution in [3.8, 4) is 0 Å². The molecule has 0 bridgehead atoms. The SMILES string of the molecule is CCc1nnc(C)cc1C(=O)NCc1cccc(N)c1C. The topological polar surface area (TPSA) is 80.9 Å². The largest absolute Gasteiger partial charge is 0.399 e. The van der Waals surface area contributed by atoms with Gasteiger partial charge in [-0.05, 0) is 43.5 Å². The summed E-state index contributed by atoms with van der Waals surface area (Å²) in [6.07, 6.45) is 0.674. The first-order chi connectivity index (χ1) is 10.0. The fourth-order valence-corrected chi connectivity index (χ4v) is 2.14. The second kappa shape index (κ2) is 6.35. The normalized spacial score (nSPS) is 10.4. The molecule has 21 heavy (non-hydrogen) atoms. The van der Waals surface area contributed by atoms with Crippen LogP contribution in [-0.2, 0) is 13.0 Å². The van der Waals surface area contributed by atoms with Crippen LogP contribution in [0.25, 0.3) is 0 Å². The number of aromatic nitrogens is 2. The first kappa shape index (κ1) is 15.0. The summed E-state index contributed by atoms with van der Waals surface area (Å²) in [4.78, 5) is 12.3. The predicted octanol–water partition coefficient (Wildman–Crippen LogP) is 2.17. The molecule has 0 unspecified atom stereocenters. The number of amides is 1. The quantitative estimate of drug-likeness (QED) is 0.843. The molecule has 0 radical (unpaired) electrons. The smallest absolute Gasteiger partial charge is 0.253 e. The number of nitrogens with one attached hydrogen (secondary N) is 1. The van der Waals surface area contributed by atoms with Crippen LogP contribution in [0.2, 0.25) is 0 Å². The van der Waals surface area contributed by atoms with E-state index in [1.165, 1.54) is 0 Å². The fraction of sp³-hybridized carbons (Fsp3) is 0.312. The summed E-state index contributed by atoms with van der Waals surface area (Å²) in [6.45, 7) is 6.18. The zero-order valence-corrected chi connectivity index (χ0v) is 12.6. The van der Waals surface area contributed by atoms with Gasteiger partial charge in [-0.1, -0.05) is 19.1 Å². The minimum atomic E-state index is -0.133. The van der Waals surface area contributed by atoms with Crippen molar-refractivity contribution in [3.63, 3.8) is 0 Å². The Balaban J connectivity index is 2.15. The minimum Gasteiger partial charge on any atom is -0.399 e. The van der Waals surface area contributed by atoms with Crippen LogP contribution in [0.15, 0.2) is 24.3 Å². The fourth-order valence-electron chi connectivity index (χ4n) is 2.14. The summed E-state index contributed by atoms with van der Waals surface area (Å²) in [5, 5.41) is 11.0. The van der Waals surface area contributed by atoms with Gasteiger partial charge in [0.15, 0.2) is 0 Å². The van der Waals surface area contributed by atoms with Crippen molar-refractivity contribution < 1.29 is 4.79 Å². The van der Waals surface area contributed by atoms with Crippen LogP contribution in [0.5, 0.6) is 0 Å². The molecule has 5 nitrogen and oxygen atoms in total. The Labute approximate surface area is 124 Å². The predicted molar refractivity (Wildman–Crippen MR) is 82.9 cm³/mol. The molecule has 3 N–H and O–H groups in total. The molecule has 1 aromatic heterocycles. The van der Waals surface area contributed by atoms with E-state index >= 15 is 0 Å². The molecule has 2 aromatic rings. The van der Waals surface area contributed by atoms with E-state index in [0.717, 1.165) is 22.5 Å². The van der Waals surface area contributed by atoms with Gasteiger partial charge in [0.25, 0.3) is 5.91 Å². The molecule has 0 spiro atoms. The minimum absolute atomic E-state index is 0.133. The van der Waals surface area contributed by atoms with E-state index in [-0.39, 0.29) is 5.91 Å². The van der Waals surface area contributed by atoms with Crippen molar-refractivity contribution in [2.24, 2.45) is 0 Å². The van der Waals surface area contributed by atoms with Gasteiger partial charge < -0.3 is 11.1 Å². The lowest BCUT2D eigenvalue weighted by Gasteiger charge is -2.11. The van der Waals surface area contributed by atoms with Gasteiger partial charge >= 0.3 is 0 Å². The molecule has 5 heteroatoms. The Kier molecular flexibility index (Phi) is 4.52. The molecule has 1 amide bonds. The van der Waals surface area contributed by atoms with E-state index < -0.39 is 0 Å². The molecule has 0 saturated carbocycles. The lowest BCUT2D eigenvalue weighted by molar-refractivity contribution is 0.0949. The Bertz CT molecular complexity index is 667. The number of hydrogen-bond acceptors (Lipinski definition) is 4.